The first-order valence-electron chi connectivity index (χ1n) is 5.54. The van der Waals surface area contributed by atoms with Crippen LogP contribution in [0.4, 0.5) is 10.5 Å². The predicted octanol–water partition coefficient (Wildman–Crippen LogP) is 3.43. The number of hydrogen-bond acceptors (Lipinski definition) is 3. The number of ether oxygens (including phenoxy) is 1. The average Bonchev–Trinajstić information content (AvgIpc) is 2.19. The minimum Gasteiger partial charge on any atom is -0.444 e. The summed E-state index contributed by atoms with van der Waals surface area (Å²) in [7, 11) is 0. The highest BCUT2D eigenvalue weighted by molar-refractivity contribution is 6.31. The van der Waals surface area contributed by atoms with E-state index in [2.05, 4.69) is 5.32 Å². The van der Waals surface area contributed by atoms with Crippen LogP contribution in [0.25, 0.3) is 0 Å². The summed E-state index contributed by atoms with van der Waals surface area (Å²) in [5.74, 6) is 0. The Morgan fingerprint density at radius 3 is 2.61 bits per heavy atom. The topological polar surface area (TPSA) is 55.4 Å². The molecule has 1 amide bonds. The normalized spacial score (nSPS) is 10.9. The lowest BCUT2D eigenvalue weighted by molar-refractivity contribution is -0.107. The molecule has 18 heavy (non-hydrogen) atoms. The summed E-state index contributed by atoms with van der Waals surface area (Å²) in [6.07, 6.45) is 0.495. The van der Waals surface area contributed by atoms with Gasteiger partial charge in [0.1, 0.15) is 11.9 Å². The summed E-state index contributed by atoms with van der Waals surface area (Å²) in [4.78, 5) is 21.9. The molecule has 0 fully saturated rings. The maximum atomic E-state index is 11.5. The molecule has 0 spiro atoms. The van der Waals surface area contributed by atoms with Crippen LogP contribution in [0.15, 0.2) is 18.2 Å². The minimum absolute atomic E-state index is 0.256. The molecule has 0 aliphatic heterocycles. The molecule has 1 N–H and O–H groups in total. The van der Waals surface area contributed by atoms with E-state index in [0.717, 1.165) is 11.8 Å². The lowest BCUT2D eigenvalue weighted by atomic mass is 10.1. The van der Waals surface area contributed by atoms with Crippen molar-refractivity contribution in [3.8, 4) is 0 Å². The van der Waals surface area contributed by atoms with Crippen molar-refractivity contribution in [2.45, 2.75) is 32.8 Å². The third-order valence-corrected chi connectivity index (χ3v) is 2.35. The molecule has 4 nitrogen and oxygen atoms in total. The molecule has 0 unspecified atom stereocenters. The second-order valence-corrected chi connectivity index (χ2v) is 5.21. The summed E-state index contributed by atoms with van der Waals surface area (Å²) < 4.78 is 5.11. The average molecular weight is 270 g/mol. The zero-order chi connectivity index (χ0) is 13.8. The smallest absolute Gasteiger partial charge is 0.412 e. The fourth-order valence-electron chi connectivity index (χ4n) is 1.30. The standard InChI is InChI=1S/C13H16ClNO3/c1-13(2,3)18-12(17)15-10-5-4-9(6-7-16)11(14)8-10/h4-5,7-8H,6H2,1-3H3,(H,15,17). The number of anilines is 1. The van der Waals surface area contributed by atoms with Crippen molar-refractivity contribution in [1.29, 1.82) is 0 Å². The maximum Gasteiger partial charge on any atom is 0.412 e. The Labute approximate surface area is 111 Å². The van der Waals surface area contributed by atoms with E-state index in [1.165, 1.54) is 0 Å². The van der Waals surface area contributed by atoms with E-state index in [-0.39, 0.29) is 6.42 Å². The largest absolute Gasteiger partial charge is 0.444 e. The van der Waals surface area contributed by atoms with Crippen LogP contribution >= 0.6 is 11.6 Å². The van der Waals surface area contributed by atoms with Gasteiger partial charge in [0.2, 0.25) is 0 Å². The van der Waals surface area contributed by atoms with Crippen LogP contribution in [0.1, 0.15) is 26.3 Å². The number of amides is 1. The second kappa shape index (κ2) is 5.87. The van der Waals surface area contributed by atoms with Gasteiger partial charge in [-0.05, 0) is 38.5 Å². The highest BCUT2D eigenvalue weighted by Gasteiger charge is 2.16. The van der Waals surface area contributed by atoms with Crippen molar-refractivity contribution >= 4 is 29.7 Å². The first-order valence-corrected chi connectivity index (χ1v) is 5.91. The molecular formula is C13H16ClNO3. The van der Waals surface area contributed by atoms with E-state index in [1.807, 2.05) is 0 Å². The molecule has 5 heteroatoms. The van der Waals surface area contributed by atoms with Gasteiger partial charge in [-0.3, -0.25) is 5.32 Å². The minimum atomic E-state index is -0.550. The zero-order valence-corrected chi connectivity index (χ0v) is 11.4. The molecule has 0 aromatic heterocycles. The number of carbonyl (C=O) groups is 2. The number of halogens is 1. The Kier molecular flexibility index (Phi) is 4.73. The van der Waals surface area contributed by atoms with Gasteiger partial charge in [-0.15, -0.1) is 0 Å². The van der Waals surface area contributed by atoms with Crippen molar-refractivity contribution in [3.05, 3.63) is 28.8 Å². The van der Waals surface area contributed by atoms with Crippen LogP contribution < -0.4 is 5.32 Å². The lowest BCUT2D eigenvalue weighted by Gasteiger charge is -2.19. The number of benzene rings is 1. The fraction of sp³-hybridized carbons (Fsp3) is 0.385. The van der Waals surface area contributed by atoms with Crippen molar-refractivity contribution < 1.29 is 14.3 Å². The van der Waals surface area contributed by atoms with Gasteiger partial charge in [-0.2, -0.15) is 0 Å². The van der Waals surface area contributed by atoms with Crippen LogP contribution in [-0.4, -0.2) is 18.0 Å². The number of hydrogen-bond donors (Lipinski definition) is 1. The molecule has 0 heterocycles. The Hall–Kier alpha value is -1.55. The molecule has 0 aliphatic carbocycles. The lowest BCUT2D eigenvalue weighted by Crippen LogP contribution is -2.27. The molecule has 0 saturated carbocycles. The molecule has 0 radical (unpaired) electrons. The number of rotatable bonds is 3. The first kappa shape index (κ1) is 14.5. The summed E-state index contributed by atoms with van der Waals surface area (Å²) >= 11 is 5.97. The van der Waals surface area contributed by atoms with Gasteiger partial charge < -0.3 is 9.53 Å². The van der Waals surface area contributed by atoms with Crippen LogP contribution in [0.3, 0.4) is 0 Å². The molecule has 0 atom stereocenters. The molecule has 0 saturated heterocycles. The molecular weight excluding hydrogens is 254 g/mol. The van der Waals surface area contributed by atoms with Gasteiger partial charge in [0.05, 0.1) is 0 Å². The van der Waals surface area contributed by atoms with Crippen molar-refractivity contribution in [2.24, 2.45) is 0 Å². The molecule has 1 aromatic carbocycles. The van der Waals surface area contributed by atoms with E-state index in [9.17, 15) is 9.59 Å². The number of aldehydes is 1. The third kappa shape index (κ3) is 4.75. The monoisotopic (exact) mass is 269 g/mol. The van der Waals surface area contributed by atoms with Gasteiger partial charge in [-0.1, -0.05) is 17.7 Å². The molecule has 0 bridgehead atoms. The van der Waals surface area contributed by atoms with E-state index >= 15 is 0 Å². The van der Waals surface area contributed by atoms with Crippen molar-refractivity contribution in [1.82, 2.24) is 0 Å². The zero-order valence-electron chi connectivity index (χ0n) is 10.6. The summed E-state index contributed by atoms with van der Waals surface area (Å²) in [5.41, 5.74) is 0.705. The van der Waals surface area contributed by atoms with E-state index in [1.54, 1.807) is 39.0 Å². The highest BCUT2D eigenvalue weighted by Crippen LogP contribution is 2.21. The van der Waals surface area contributed by atoms with Crippen LogP contribution in [0.5, 0.6) is 0 Å². The van der Waals surface area contributed by atoms with Gasteiger partial charge in [0.15, 0.2) is 0 Å². The maximum absolute atomic E-state index is 11.5. The Balaban J connectivity index is 2.71. The second-order valence-electron chi connectivity index (χ2n) is 4.80. The van der Waals surface area contributed by atoms with Gasteiger partial charge >= 0.3 is 6.09 Å². The highest BCUT2D eigenvalue weighted by atomic mass is 35.5. The van der Waals surface area contributed by atoms with Crippen molar-refractivity contribution in [3.63, 3.8) is 0 Å². The Morgan fingerprint density at radius 2 is 2.11 bits per heavy atom. The molecule has 0 aliphatic rings. The van der Waals surface area contributed by atoms with Crippen LogP contribution in [0, 0.1) is 0 Å². The van der Waals surface area contributed by atoms with Crippen LogP contribution in [0.2, 0.25) is 5.02 Å². The van der Waals surface area contributed by atoms with Gasteiger partial charge in [0.25, 0.3) is 0 Å². The Morgan fingerprint density at radius 1 is 1.44 bits per heavy atom. The number of nitrogens with one attached hydrogen (secondary N) is 1. The van der Waals surface area contributed by atoms with Gasteiger partial charge in [0, 0.05) is 17.1 Å². The summed E-state index contributed by atoms with van der Waals surface area (Å²) in [6.45, 7) is 5.35. The van der Waals surface area contributed by atoms with E-state index in [0.29, 0.717) is 10.7 Å². The van der Waals surface area contributed by atoms with Gasteiger partial charge in [-0.25, -0.2) is 4.79 Å². The van der Waals surface area contributed by atoms with E-state index in [4.69, 9.17) is 16.3 Å². The summed E-state index contributed by atoms with van der Waals surface area (Å²) in [6, 6.07) is 4.96. The Bertz CT molecular complexity index is 452. The first-order chi connectivity index (χ1) is 8.31. The fourth-order valence-corrected chi connectivity index (χ4v) is 1.56. The molecule has 1 aromatic rings. The number of carbonyl (C=O) groups excluding carboxylic acids is 2. The quantitative estimate of drug-likeness (QED) is 0.856. The summed E-state index contributed by atoms with van der Waals surface area (Å²) in [5, 5.41) is 3.02. The molecule has 1 rings (SSSR count). The predicted molar refractivity (Wildman–Crippen MR) is 71.1 cm³/mol. The molecule has 98 valence electrons. The van der Waals surface area contributed by atoms with E-state index < -0.39 is 11.7 Å². The SMILES string of the molecule is CC(C)(C)OC(=O)Nc1ccc(CC=O)c(Cl)c1. The van der Waals surface area contributed by atoms with Crippen molar-refractivity contribution in [2.75, 3.05) is 5.32 Å². The van der Waals surface area contributed by atoms with Crippen LogP contribution in [-0.2, 0) is 16.0 Å². The third-order valence-electron chi connectivity index (χ3n) is 2.00.